The van der Waals surface area contributed by atoms with E-state index in [4.69, 9.17) is 0 Å². The van der Waals surface area contributed by atoms with Gasteiger partial charge in [0.25, 0.3) is 5.91 Å². The Labute approximate surface area is 185 Å². The molecule has 8 nitrogen and oxygen atoms in total. The van der Waals surface area contributed by atoms with Crippen LogP contribution in [0.1, 0.15) is 28.2 Å². The highest BCUT2D eigenvalue weighted by molar-refractivity contribution is 7.89. The first-order chi connectivity index (χ1) is 15.2. The van der Waals surface area contributed by atoms with Crippen LogP contribution in [0.3, 0.4) is 0 Å². The van der Waals surface area contributed by atoms with Crippen molar-refractivity contribution in [2.75, 3.05) is 13.1 Å². The Morgan fingerprint density at radius 2 is 2.09 bits per heavy atom. The number of aliphatic hydroxyl groups is 1. The average Bonchev–Trinajstić information content (AvgIpc) is 3.09. The Morgan fingerprint density at radius 3 is 2.84 bits per heavy atom. The molecule has 1 amide bonds. The maximum Gasteiger partial charge on any atom is 0.268 e. The first kappa shape index (κ1) is 22.4. The van der Waals surface area contributed by atoms with Crippen molar-refractivity contribution in [1.29, 1.82) is 0 Å². The third kappa shape index (κ3) is 4.01. The fourth-order valence-corrected chi connectivity index (χ4v) is 5.69. The second-order valence-corrected chi connectivity index (χ2v) is 9.85. The third-order valence-corrected chi connectivity index (χ3v) is 7.97. The zero-order valence-electron chi connectivity index (χ0n) is 17.8. The summed E-state index contributed by atoms with van der Waals surface area (Å²) in [6.45, 7) is 1.47. The maximum atomic E-state index is 13.9. The van der Waals surface area contributed by atoms with Gasteiger partial charge >= 0.3 is 0 Å². The van der Waals surface area contributed by atoms with Crippen molar-refractivity contribution in [3.63, 3.8) is 0 Å². The summed E-state index contributed by atoms with van der Waals surface area (Å²) in [6, 6.07) is 10.7. The van der Waals surface area contributed by atoms with Gasteiger partial charge in [-0.25, -0.2) is 12.8 Å². The highest BCUT2D eigenvalue weighted by atomic mass is 32.2. The molecule has 1 aliphatic heterocycles. The lowest BCUT2D eigenvalue weighted by Crippen LogP contribution is -2.47. The number of aliphatic hydroxyl groups excluding tert-OH is 1. The molecule has 3 aromatic rings. The fourth-order valence-electron chi connectivity index (χ4n) is 3.96. The Morgan fingerprint density at radius 1 is 1.31 bits per heavy atom. The number of aromatic nitrogens is 2. The maximum absolute atomic E-state index is 13.9. The number of nitrogens with zero attached hydrogens (tertiary/aromatic N) is 3. The summed E-state index contributed by atoms with van der Waals surface area (Å²) in [6.07, 6.45) is -1.07. The molecule has 0 unspecified atom stereocenters. The molecule has 0 spiro atoms. The molecule has 2 aromatic heterocycles. The van der Waals surface area contributed by atoms with Gasteiger partial charge in [-0.05, 0) is 37.1 Å². The lowest BCUT2D eigenvalue weighted by atomic mass is 10.1. The van der Waals surface area contributed by atoms with E-state index in [0.717, 1.165) is 20.8 Å². The number of benzene rings is 1. The summed E-state index contributed by atoms with van der Waals surface area (Å²) in [7, 11) is -2.39. The molecule has 170 valence electrons. The van der Waals surface area contributed by atoms with Crippen molar-refractivity contribution < 1.29 is 22.7 Å². The summed E-state index contributed by atoms with van der Waals surface area (Å²) >= 11 is 0. The van der Waals surface area contributed by atoms with Crippen molar-refractivity contribution in [2.45, 2.75) is 37.1 Å². The third-order valence-electron chi connectivity index (χ3n) is 5.98. The number of hydrogen-bond acceptors (Lipinski definition) is 5. The number of rotatable bonds is 5. The van der Waals surface area contributed by atoms with Crippen molar-refractivity contribution >= 4 is 26.8 Å². The van der Waals surface area contributed by atoms with Crippen LogP contribution in [0.2, 0.25) is 0 Å². The van der Waals surface area contributed by atoms with Gasteiger partial charge in [-0.2, -0.15) is 4.31 Å². The number of alkyl halides is 1. The molecule has 0 saturated carbocycles. The monoisotopic (exact) mass is 460 g/mol. The molecule has 10 heteroatoms. The lowest BCUT2D eigenvalue weighted by molar-refractivity contribution is 0.0303. The number of piperidine rings is 1. The van der Waals surface area contributed by atoms with Crippen LogP contribution in [0.15, 0.2) is 47.5 Å². The molecular formula is C22H25FN4O4S. The predicted octanol–water partition coefficient (Wildman–Crippen LogP) is 1.91. The molecule has 1 aromatic carbocycles. The van der Waals surface area contributed by atoms with Gasteiger partial charge in [-0.15, -0.1) is 0 Å². The number of hydrogen-bond donors (Lipinski definition) is 2. The summed E-state index contributed by atoms with van der Waals surface area (Å²) in [5.74, 6) is -0.421. The largest absolute Gasteiger partial charge is 0.390 e. The van der Waals surface area contributed by atoms with Crippen LogP contribution in [0, 0.1) is 6.92 Å². The molecule has 32 heavy (non-hydrogen) atoms. The SMILES string of the molecule is Cc1c(S(=O)(=O)N2CC[C@H](O)[C@H](F)C2)cc(C(=O)NCc2cccc3ncccc23)n1C. The molecule has 1 aliphatic rings. The lowest BCUT2D eigenvalue weighted by Gasteiger charge is -2.31. The van der Waals surface area contributed by atoms with E-state index < -0.39 is 34.8 Å². The van der Waals surface area contributed by atoms with Gasteiger partial charge in [0.05, 0.1) is 11.6 Å². The first-order valence-electron chi connectivity index (χ1n) is 10.3. The number of pyridine rings is 1. The summed E-state index contributed by atoms with van der Waals surface area (Å²) < 4.78 is 42.7. The summed E-state index contributed by atoms with van der Waals surface area (Å²) in [5, 5.41) is 13.3. The zero-order chi connectivity index (χ0) is 23.0. The van der Waals surface area contributed by atoms with Crippen LogP contribution in [0.25, 0.3) is 10.9 Å². The van der Waals surface area contributed by atoms with Crippen LogP contribution in [0.5, 0.6) is 0 Å². The first-order valence-corrected chi connectivity index (χ1v) is 11.7. The van der Waals surface area contributed by atoms with Crippen LogP contribution in [-0.2, 0) is 23.6 Å². The van der Waals surface area contributed by atoms with E-state index >= 15 is 0 Å². The van der Waals surface area contributed by atoms with Crippen molar-refractivity contribution in [2.24, 2.45) is 7.05 Å². The zero-order valence-corrected chi connectivity index (χ0v) is 18.6. The van der Waals surface area contributed by atoms with Gasteiger partial charge in [0, 0.05) is 44.0 Å². The quantitative estimate of drug-likeness (QED) is 0.605. The van der Waals surface area contributed by atoms with Crippen LogP contribution in [-0.4, -0.2) is 58.7 Å². The second-order valence-electron chi connectivity index (χ2n) is 7.94. The highest BCUT2D eigenvalue weighted by Gasteiger charge is 2.37. The molecule has 1 saturated heterocycles. The van der Waals surface area contributed by atoms with Gasteiger partial charge in [0.1, 0.15) is 16.8 Å². The number of sulfonamides is 1. The number of nitrogens with one attached hydrogen (secondary N) is 1. The number of carbonyl (C=O) groups excluding carboxylic acids is 1. The van der Waals surface area contributed by atoms with Gasteiger partial charge < -0.3 is 15.0 Å². The minimum Gasteiger partial charge on any atom is -0.390 e. The van der Waals surface area contributed by atoms with Gasteiger partial charge in [0.15, 0.2) is 0 Å². The van der Waals surface area contributed by atoms with E-state index in [9.17, 15) is 22.7 Å². The fraction of sp³-hybridized carbons (Fsp3) is 0.364. The Kier molecular flexibility index (Phi) is 6.02. The molecule has 0 bridgehead atoms. The van der Waals surface area contributed by atoms with Gasteiger partial charge in [-0.3, -0.25) is 9.78 Å². The van der Waals surface area contributed by atoms with Gasteiger partial charge in [-0.1, -0.05) is 18.2 Å². The number of halogens is 1. The smallest absolute Gasteiger partial charge is 0.268 e. The minimum absolute atomic E-state index is 0.0227. The van der Waals surface area contributed by atoms with Gasteiger partial charge in [0.2, 0.25) is 10.0 Å². The van der Waals surface area contributed by atoms with E-state index in [-0.39, 0.29) is 30.1 Å². The number of amides is 1. The van der Waals surface area contributed by atoms with Crippen LogP contribution < -0.4 is 5.32 Å². The van der Waals surface area contributed by atoms with Crippen molar-refractivity contribution in [3.05, 3.63) is 59.5 Å². The van der Waals surface area contributed by atoms with Crippen molar-refractivity contribution in [3.8, 4) is 0 Å². The van der Waals surface area contributed by atoms with E-state index in [1.807, 2.05) is 30.3 Å². The van der Waals surface area contributed by atoms with Crippen LogP contribution >= 0.6 is 0 Å². The van der Waals surface area contributed by atoms with Crippen molar-refractivity contribution in [1.82, 2.24) is 19.2 Å². The molecule has 2 N–H and O–H groups in total. The van der Waals surface area contributed by atoms with E-state index in [1.165, 1.54) is 10.6 Å². The normalized spacial score (nSPS) is 19.9. The van der Waals surface area contributed by atoms with E-state index in [0.29, 0.717) is 5.69 Å². The Hall–Kier alpha value is -2.82. The molecule has 1 fully saturated rings. The molecular weight excluding hydrogens is 435 g/mol. The molecule has 0 aliphatic carbocycles. The highest BCUT2D eigenvalue weighted by Crippen LogP contribution is 2.27. The summed E-state index contributed by atoms with van der Waals surface area (Å²) in [5.41, 5.74) is 2.28. The van der Waals surface area contributed by atoms with E-state index in [1.54, 1.807) is 20.2 Å². The number of carbonyl (C=O) groups is 1. The number of fused-ring (bicyclic) bond motifs is 1. The molecule has 3 heterocycles. The molecule has 2 atom stereocenters. The molecule has 4 rings (SSSR count). The Bertz CT molecular complexity index is 1270. The summed E-state index contributed by atoms with van der Waals surface area (Å²) in [4.78, 5) is 17.2. The minimum atomic E-state index is -4.01. The van der Waals surface area contributed by atoms with Crippen LogP contribution in [0.4, 0.5) is 4.39 Å². The average molecular weight is 461 g/mol. The topological polar surface area (TPSA) is 105 Å². The standard InChI is InChI=1S/C22H25FN4O4S/c1-14-21(32(30,31)27-10-8-20(28)17(23)13-27)11-19(26(14)2)22(29)25-12-15-5-3-7-18-16(15)6-4-9-24-18/h3-7,9,11,17,20,28H,8,10,12-13H2,1-2H3,(H,25,29)/t17-,20+/m1/s1. The predicted molar refractivity (Wildman–Crippen MR) is 117 cm³/mol. The van der Waals surface area contributed by atoms with E-state index in [2.05, 4.69) is 10.3 Å². The second kappa shape index (κ2) is 8.61. The molecule has 0 radical (unpaired) electrons. The Balaban J connectivity index is 1.56.